The lowest BCUT2D eigenvalue weighted by atomic mass is 9.81. The minimum Gasteiger partial charge on any atom is -0.494 e. The Bertz CT molecular complexity index is 1950. The lowest BCUT2D eigenvalue weighted by Gasteiger charge is -2.30. The summed E-state index contributed by atoms with van der Waals surface area (Å²) >= 11 is 0. The average Bonchev–Trinajstić information content (AvgIpc) is 3.98. The molecule has 0 bridgehead atoms. The summed E-state index contributed by atoms with van der Waals surface area (Å²) in [6.07, 6.45) is 0.0808. The summed E-state index contributed by atoms with van der Waals surface area (Å²) in [5.74, 6) is -2.68. The highest BCUT2D eigenvalue weighted by Crippen LogP contribution is 2.50. The molecule has 2 aromatic carbocycles. The molecule has 3 heterocycles. The fourth-order valence-electron chi connectivity index (χ4n) is 6.15. The molecule has 2 fully saturated rings. The van der Waals surface area contributed by atoms with E-state index in [4.69, 9.17) is 15.2 Å². The molecule has 246 valence electrons. The summed E-state index contributed by atoms with van der Waals surface area (Å²) in [5.41, 5.74) is 1.89. The first-order chi connectivity index (χ1) is 22.2. The minimum atomic E-state index is -5.00. The van der Waals surface area contributed by atoms with Crippen LogP contribution in [0, 0.1) is 11.7 Å². The summed E-state index contributed by atoms with van der Waals surface area (Å²) in [4.78, 5) is 30.7. The molecule has 10 nitrogen and oxygen atoms in total. The molecule has 2 aromatic heterocycles. The van der Waals surface area contributed by atoms with Gasteiger partial charge in [-0.05, 0) is 74.9 Å². The molecule has 4 aromatic rings. The van der Waals surface area contributed by atoms with Gasteiger partial charge in [0.05, 0.1) is 31.0 Å². The number of amides is 2. The van der Waals surface area contributed by atoms with Gasteiger partial charge in [0.1, 0.15) is 46.1 Å². The predicted octanol–water partition coefficient (Wildman–Crippen LogP) is 4.76. The van der Waals surface area contributed by atoms with Crippen molar-refractivity contribution in [3.8, 4) is 22.8 Å². The van der Waals surface area contributed by atoms with Crippen molar-refractivity contribution in [2.75, 3.05) is 20.3 Å². The van der Waals surface area contributed by atoms with Gasteiger partial charge < -0.3 is 25.6 Å². The number of hydrogen-bond acceptors (Lipinski definition) is 7. The number of carbonyl (C=O) groups excluding carboxylic acids is 2. The average molecular weight is 654 g/mol. The van der Waals surface area contributed by atoms with Gasteiger partial charge in [-0.1, -0.05) is 0 Å². The molecule has 2 aliphatic carbocycles. The number of benzene rings is 2. The van der Waals surface area contributed by atoms with Gasteiger partial charge in [-0.25, -0.2) is 9.37 Å². The third kappa shape index (κ3) is 5.24. The molecule has 0 spiro atoms. The minimum absolute atomic E-state index is 0.00338. The number of nitrogens with zero attached hydrogens (tertiary/aromatic N) is 3. The van der Waals surface area contributed by atoms with Gasteiger partial charge in [0.15, 0.2) is 0 Å². The van der Waals surface area contributed by atoms with E-state index >= 15 is 0 Å². The van der Waals surface area contributed by atoms with Crippen LogP contribution in [-0.4, -0.2) is 51.9 Å². The highest BCUT2D eigenvalue weighted by Gasteiger charge is 2.50. The summed E-state index contributed by atoms with van der Waals surface area (Å²) in [7, 11) is 1.48. The first-order valence-electron chi connectivity index (χ1n) is 15.2. The first kappa shape index (κ1) is 30.9. The van der Waals surface area contributed by atoms with Crippen molar-refractivity contribution in [3.63, 3.8) is 0 Å². The molecule has 47 heavy (non-hydrogen) atoms. The number of primary amides is 1. The summed E-state index contributed by atoms with van der Waals surface area (Å²) in [6, 6.07) is 7.42. The second-order valence-corrected chi connectivity index (χ2v) is 12.7. The second-order valence-electron chi connectivity index (χ2n) is 12.7. The van der Waals surface area contributed by atoms with Crippen molar-refractivity contribution in [1.82, 2.24) is 20.1 Å². The highest BCUT2D eigenvalue weighted by atomic mass is 19.4. The summed E-state index contributed by atoms with van der Waals surface area (Å²) in [6.45, 7) is 0.992. The Morgan fingerprint density at radius 2 is 1.91 bits per heavy atom. The maximum absolute atomic E-state index is 14.2. The van der Waals surface area contributed by atoms with Crippen LogP contribution in [0.3, 0.4) is 0 Å². The van der Waals surface area contributed by atoms with E-state index in [0.717, 1.165) is 18.9 Å². The highest BCUT2D eigenvalue weighted by molar-refractivity contribution is 6.00. The number of alkyl halides is 3. The van der Waals surface area contributed by atoms with Crippen molar-refractivity contribution in [2.45, 2.75) is 55.8 Å². The molecule has 4 N–H and O–H groups in total. The van der Waals surface area contributed by atoms with Crippen LogP contribution in [0.25, 0.3) is 22.2 Å². The van der Waals surface area contributed by atoms with E-state index in [1.165, 1.54) is 20.1 Å². The zero-order chi connectivity index (χ0) is 33.5. The number of ether oxygens (including phenoxy) is 2. The van der Waals surface area contributed by atoms with E-state index in [1.54, 1.807) is 12.1 Å². The molecule has 2 amide bonds. The molecule has 3 aliphatic rings. The Kier molecular flexibility index (Phi) is 7.01. The molecular weight excluding hydrogens is 622 g/mol. The monoisotopic (exact) mass is 653 g/mol. The van der Waals surface area contributed by atoms with Gasteiger partial charge in [-0.3, -0.25) is 14.3 Å². The van der Waals surface area contributed by atoms with Crippen molar-refractivity contribution in [1.29, 1.82) is 0 Å². The Balaban J connectivity index is 1.28. The Labute approximate surface area is 265 Å². The molecule has 7 rings (SSSR count). The Morgan fingerprint density at radius 3 is 2.55 bits per heavy atom. The summed E-state index contributed by atoms with van der Waals surface area (Å²) in [5, 5.41) is 20.3. The number of methoxy groups -OCH3 is 1. The topological polar surface area (TPSA) is 142 Å². The molecule has 0 radical (unpaired) electrons. The van der Waals surface area contributed by atoms with E-state index in [9.17, 15) is 32.3 Å². The van der Waals surface area contributed by atoms with Crippen LogP contribution in [0.5, 0.6) is 11.5 Å². The lowest BCUT2D eigenvalue weighted by molar-refractivity contribution is -0.140. The Morgan fingerprint density at radius 1 is 1.17 bits per heavy atom. The van der Waals surface area contributed by atoms with Crippen LogP contribution < -0.4 is 20.5 Å². The van der Waals surface area contributed by atoms with Crippen molar-refractivity contribution >= 4 is 22.7 Å². The van der Waals surface area contributed by atoms with Crippen LogP contribution in [0.15, 0.2) is 42.6 Å². The van der Waals surface area contributed by atoms with Crippen LogP contribution in [-0.2, 0) is 22.0 Å². The van der Waals surface area contributed by atoms with Crippen LogP contribution in [0.1, 0.15) is 65.8 Å². The number of carbonyl (C=O) groups is 2. The van der Waals surface area contributed by atoms with Gasteiger partial charge in [-0.15, -0.1) is 0 Å². The van der Waals surface area contributed by atoms with Gasteiger partial charge >= 0.3 is 6.18 Å². The van der Waals surface area contributed by atoms with Gasteiger partial charge in [0, 0.05) is 28.3 Å². The number of halogens is 4. The fraction of sp³-hybridized carbons (Fsp3) is 0.394. The van der Waals surface area contributed by atoms with E-state index in [-0.39, 0.29) is 52.9 Å². The van der Waals surface area contributed by atoms with E-state index in [2.05, 4.69) is 15.4 Å². The number of pyridine rings is 1. The van der Waals surface area contributed by atoms with Crippen molar-refractivity contribution in [3.05, 3.63) is 70.8 Å². The number of fused-ring (bicyclic) bond motifs is 2. The first-order valence-corrected chi connectivity index (χ1v) is 15.2. The number of rotatable bonds is 9. The molecule has 2 atom stereocenters. The number of nitrogens with one attached hydrogen (secondary N) is 1. The van der Waals surface area contributed by atoms with Gasteiger partial charge in [0.2, 0.25) is 5.91 Å². The van der Waals surface area contributed by atoms with Gasteiger partial charge in [-0.2, -0.15) is 18.3 Å². The van der Waals surface area contributed by atoms with Gasteiger partial charge in [0.25, 0.3) is 5.91 Å². The van der Waals surface area contributed by atoms with E-state index in [1.807, 2.05) is 10.9 Å². The lowest BCUT2D eigenvalue weighted by Crippen LogP contribution is -2.44. The Hall–Kier alpha value is -4.72. The van der Waals surface area contributed by atoms with Crippen LogP contribution >= 0.6 is 0 Å². The normalized spacial score (nSPS) is 20.4. The number of aliphatic hydroxyl groups is 1. The maximum Gasteiger partial charge on any atom is 0.419 e. The van der Waals surface area contributed by atoms with Crippen LogP contribution in [0.4, 0.5) is 17.6 Å². The van der Waals surface area contributed by atoms with Crippen LogP contribution in [0.2, 0.25) is 0 Å². The quantitative estimate of drug-likeness (QED) is 0.221. The number of nitrogens with two attached hydrogens (primary N) is 1. The fourth-order valence-corrected chi connectivity index (χ4v) is 6.15. The third-order valence-electron chi connectivity index (χ3n) is 9.37. The van der Waals surface area contributed by atoms with E-state index < -0.39 is 40.4 Å². The smallest absolute Gasteiger partial charge is 0.419 e. The maximum atomic E-state index is 14.2. The number of aromatic nitrogens is 3. The molecule has 14 heteroatoms. The molecule has 1 aliphatic heterocycles. The largest absolute Gasteiger partial charge is 0.494 e. The van der Waals surface area contributed by atoms with E-state index in [0.29, 0.717) is 47.7 Å². The molecular formula is C33H31F4N5O5. The predicted molar refractivity (Wildman–Crippen MR) is 160 cm³/mol. The SMILES string of the molecule is COc1cc(C(=O)NCC(O)(c2cc3c(c(-c4ccc(F)c(C(F)(F)F)c4)n2)OC[C@]3(C)C(N)=O)C2CC2)cc2cn(C3CC3)nc12. The molecule has 0 saturated heterocycles. The standard InChI is InChI=1S/C33H31F4N5O5/c1-31(30(38)44)15-47-28-22(31)12-25(40-27(28)16-3-8-23(34)21(10-16)33(35,36)37)32(45,19-4-5-19)14-39-29(43)17-9-18-13-42(20-6-7-20)41-26(18)24(11-17)46-2/h3,8-13,19-20,45H,4-7,14-15H2,1-2H3,(H2,38,44)(H,39,43)/t31-,32?/m0/s1. The molecule has 1 unspecified atom stereocenters. The summed E-state index contributed by atoms with van der Waals surface area (Å²) < 4.78 is 68.4. The second kappa shape index (κ2) is 10.7. The van der Waals surface area contributed by atoms with Crippen molar-refractivity contribution in [2.24, 2.45) is 11.7 Å². The number of hydrogen-bond donors (Lipinski definition) is 3. The third-order valence-corrected chi connectivity index (χ3v) is 9.37. The molecule has 2 saturated carbocycles. The zero-order valence-corrected chi connectivity index (χ0v) is 25.4. The van der Waals surface area contributed by atoms with Crippen molar-refractivity contribution < 1.29 is 41.7 Å². The zero-order valence-electron chi connectivity index (χ0n) is 25.4.